The first kappa shape index (κ1) is 16.8. The van der Waals surface area contributed by atoms with E-state index in [2.05, 4.69) is 5.16 Å². The molecule has 3 rings (SSSR count). The van der Waals surface area contributed by atoms with Crippen molar-refractivity contribution in [2.75, 3.05) is 6.54 Å². The zero-order valence-corrected chi connectivity index (χ0v) is 14.4. The van der Waals surface area contributed by atoms with Gasteiger partial charge in [-0.1, -0.05) is 25.9 Å². The van der Waals surface area contributed by atoms with Crippen LogP contribution in [0.4, 0.5) is 0 Å². The molecule has 6 heteroatoms. The Bertz CT molecular complexity index is 684. The normalized spacial score (nSPS) is 19.7. The number of amides is 1. The van der Waals surface area contributed by atoms with Gasteiger partial charge in [0.05, 0.1) is 6.26 Å². The molecule has 1 fully saturated rings. The number of carbonyl (C=O) groups is 1. The summed E-state index contributed by atoms with van der Waals surface area (Å²) in [6.07, 6.45) is 3.09. The van der Waals surface area contributed by atoms with Crippen LogP contribution in [0.15, 0.2) is 33.4 Å². The summed E-state index contributed by atoms with van der Waals surface area (Å²) in [5, 5.41) is 14.2. The Morgan fingerprint density at radius 2 is 2.29 bits per heavy atom. The van der Waals surface area contributed by atoms with Gasteiger partial charge in [-0.2, -0.15) is 0 Å². The maximum Gasteiger partial charge on any atom is 0.276 e. The van der Waals surface area contributed by atoms with E-state index in [-0.39, 0.29) is 17.4 Å². The number of nitrogens with zero attached hydrogens (tertiary/aromatic N) is 2. The van der Waals surface area contributed by atoms with Crippen molar-refractivity contribution in [3.63, 3.8) is 0 Å². The number of hydrogen-bond acceptors (Lipinski definition) is 5. The standard InChI is InChI=1S/C18H24N2O4/c1-18(2,3)16-11-13(19-24-16)17(22)20-8-4-6-12(20)10-14(21)15-7-5-9-23-15/h5,7,9,11-12,14,21H,4,6,8,10H2,1-3H3. The Morgan fingerprint density at radius 1 is 1.50 bits per heavy atom. The van der Waals surface area contributed by atoms with E-state index in [1.807, 2.05) is 20.8 Å². The Hall–Kier alpha value is -2.08. The molecule has 130 valence electrons. The topological polar surface area (TPSA) is 79.7 Å². The van der Waals surface area contributed by atoms with Gasteiger partial charge in [0.1, 0.15) is 17.6 Å². The van der Waals surface area contributed by atoms with Crippen molar-refractivity contribution >= 4 is 5.91 Å². The molecule has 0 radical (unpaired) electrons. The molecule has 0 saturated carbocycles. The van der Waals surface area contributed by atoms with Gasteiger partial charge in [-0.05, 0) is 25.0 Å². The third-order valence-corrected chi connectivity index (χ3v) is 4.47. The Morgan fingerprint density at radius 3 is 2.92 bits per heavy atom. The fourth-order valence-electron chi connectivity index (χ4n) is 3.08. The van der Waals surface area contributed by atoms with Crippen LogP contribution in [0.3, 0.4) is 0 Å². The van der Waals surface area contributed by atoms with Crippen LogP contribution >= 0.6 is 0 Å². The third-order valence-electron chi connectivity index (χ3n) is 4.47. The van der Waals surface area contributed by atoms with Crippen LogP contribution in [0.2, 0.25) is 0 Å². The molecule has 1 aliphatic heterocycles. The van der Waals surface area contributed by atoms with Crippen LogP contribution in [0.25, 0.3) is 0 Å². The van der Waals surface area contributed by atoms with Gasteiger partial charge in [0.25, 0.3) is 5.91 Å². The SMILES string of the molecule is CC(C)(C)c1cc(C(=O)N2CCCC2CC(O)c2ccco2)no1. The number of furan rings is 1. The minimum atomic E-state index is -0.708. The van der Waals surface area contributed by atoms with Crippen molar-refractivity contribution in [1.82, 2.24) is 10.1 Å². The highest BCUT2D eigenvalue weighted by Gasteiger charge is 2.34. The maximum atomic E-state index is 12.8. The van der Waals surface area contributed by atoms with E-state index in [0.717, 1.165) is 12.8 Å². The van der Waals surface area contributed by atoms with Gasteiger partial charge in [-0.15, -0.1) is 0 Å². The highest BCUT2D eigenvalue weighted by atomic mass is 16.5. The molecule has 2 aromatic heterocycles. The lowest BCUT2D eigenvalue weighted by atomic mass is 9.93. The summed E-state index contributed by atoms with van der Waals surface area (Å²) in [5.74, 6) is 1.09. The van der Waals surface area contributed by atoms with Gasteiger partial charge >= 0.3 is 0 Å². The molecule has 1 saturated heterocycles. The fourth-order valence-corrected chi connectivity index (χ4v) is 3.08. The van der Waals surface area contributed by atoms with E-state index in [1.165, 1.54) is 0 Å². The second-order valence-electron chi connectivity index (χ2n) is 7.39. The monoisotopic (exact) mass is 332 g/mol. The summed E-state index contributed by atoms with van der Waals surface area (Å²) in [5.41, 5.74) is 0.144. The molecule has 0 aliphatic carbocycles. The molecule has 2 atom stereocenters. The minimum Gasteiger partial charge on any atom is -0.467 e. The van der Waals surface area contributed by atoms with Gasteiger partial charge in [-0.25, -0.2) is 0 Å². The number of rotatable bonds is 4. The van der Waals surface area contributed by atoms with Crippen molar-refractivity contribution in [1.29, 1.82) is 0 Å². The van der Waals surface area contributed by atoms with E-state index in [4.69, 9.17) is 8.94 Å². The summed E-state index contributed by atoms with van der Waals surface area (Å²) in [6.45, 7) is 6.71. The molecule has 0 bridgehead atoms. The number of aromatic nitrogens is 1. The van der Waals surface area contributed by atoms with E-state index in [0.29, 0.717) is 30.2 Å². The predicted molar refractivity (Wildman–Crippen MR) is 87.5 cm³/mol. The van der Waals surface area contributed by atoms with Crippen molar-refractivity contribution in [2.24, 2.45) is 0 Å². The van der Waals surface area contributed by atoms with Crippen molar-refractivity contribution in [3.05, 3.63) is 41.7 Å². The molecule has 6 nitrogen and oxygen atoms in total. The van der Waals surface area contributed by atoms with Crippen LogP contribution in [0.5, 0.6) is 0 Å². The lowest BCUT2D eigenvalue weighted by Crippen LogP contribution is -2.36. The lowest BCUT2D eigenvalue weighted by Gasteiger charge is -2.25. The first-order chi connectivity index (χ1) is 11.4. The molecular formula is C18H24N2O4. The van der Waals surface area contributed by atoms with Crippen molar-refractivity contribution < 1.29 is 18.8 Å². The number of aliphatic hydroxyl groups is 1. The van der Waals surface area contributed by atoms with Crippen molar-refractivity contribution in [2.45, 2.75) is 57.6 Å². The molecule has 2 unspecified atom stereocenters. The molecule has 0 aromatic carbocycles. The van der Waals surface area contributed by atoms with Crippen LogP contribution < -0.4 is 0 Å². The number of aliphatic hydroxyl groups excluding tert-OH is 1. The van der Waals surface area contributed by atoms with E-state index >= 15 is 0 Å². The zero-order chi connectivity index (χ0) is 17.3. The zero-order valence-electron chi connectivity index (χ0n) is 14.4. The molecule has 1 amide bonds. The first-order valence-corrected chi connectivity index (χ1v) is 8.36. The number of hydrogen-bond donors (Lipinski definition) is 1. The molecule has 1 aliphatic rings. The smallest absolute Gasteiger partial charge is 0.276 e. The second-order valence-corrected chi connectivity index (χ2v) is 7.39. The summed E-state index contributed by atoms with van der Waals surface area (Å²) in [6, 6.07) is 5.20. The molecular weight excluding hydrogens is 308 g/mol. The summed E-state index contributed by atoms with van der Waals surface area (Å²) >= 11 is 0. The van der Waals surface area contributed by atoms with Crippen LogP contribution in [0.1, 0.15) is 68.1 Å². The van der Waals surface area contributed by atoms with Gasteiger partial charge in [-0.3, -0.25) is 4.79 Å². The van der Waals surface area contributed by atoms with E-state index in [1.54, 1.807) is 29.4 Å². The molecule has 2 aromatic rings. The highest BCUT2D eigenvalue weighted by Crippen LogP contribution is 2.29. The van der Waals surface area contributed by atoms with Crippen molar-refractivity contribution in [3.8, 4) is 0 Å². The molecule has 0 spiro atoms. The molecule has 1 N–H and O–H groups in total. The maximum absolute atomic E-state index is 12.8. The Balaban J connectivity index is 1.70. The average molecular weight is 332 g/mol. The van der Waals surface area contributed by atoms with Gasteiger partial charge in [0.2, 0.25) is 0 Å². The fraction of sp³-hybridized carbons (Fsp3) is 0.556. The lowest BCUT2D eigenvalue weighted by molar-refractivity contribution is 0.0632. The van der Waals surface area contributed by atoms with Gasteiger partial charge in [0.15, 0.2) is 5.69 Å². The second kappa shape index (κ2) is 6.43. The summed E-state index contributed by atoms with van der Waals surface area (Å²) < 4.78 is 10.6. The minimum absolute atomic E-state index is 0.0209. The largest absolute Gasteiger partial charge is 0.467 e. The number of likely N-dealkylation sites (tertiary alicyclic amines) is 1. The Kier molecular flexibility index (Phi) is 4.49. The van der Waals surface area contributed by atoms with E-state index < -0.39 is 6.10 Å². The Labute approximate surface area is 141 Å². The summed E-state index contributed by atoms with van der Waals surface area (Å²) in [4.78, 5) is 14.6. The van der Waals surface area contributed by atoms with Gasteiger partial charge < -0.3 is 18.9 Å². The van der Waals surface area contributed by atoms with E-state index in [9.17, 15) is 9.90 Å². The average Bonchev–Trinajstić information content (AvgIpc) is 3.26. The summed E-state index contributed by atoms with van der Waals surface area (Å²) in [7, 11) is 0. The quantitative estimate of drug-likeness (QED) is 0.929. The molecule has 3 heterocycles. The highest BCUT2D eigenvalue weighted by molar-refractivity contribution is 5.92. The van der Waals surface area contributed by atoms with Crippen LogP contribution in [-0.4, -0.2) is 33.7 Å². The molecule has 24 heavy (non-hydrogen) atoms. The number of carbonyl (C=O) groups excluding carboxylic acids is 1. The van der Waals surface area contributed by atoms with Crippen LogP contribution in [-0.2, 0) is 5.41 Å². The predicted octanol–water partition coefficient (Wildman–Crippen LogP) is 3.29. The first-order valence-electron chi connectivity index (χ1n) is 8.36. The van der Waals surface area contributed by atoms with Crippen LogP contribution in [0, 0.1) is 0 Å². The van der Waals surface area contributed by atoms with Gasteiger partial charge in [0, 0.05) is 30.5 Å². The third kappa shape index (κ3) is 3.38.